The third-order valence-electron chi connectivity index (χ3n) is 3.63. The molecule has 0 bridgehead atoms. The largest absolute Gasteiger partial charge is 0.390 e. The highest BCUT2D eigenvalue weighted by Gasteiger charge is 2.28. The van der Waals surface area contributed by atoms with Gasteiger partial charge in [-0.2, -0.15) is 0 Å². The number of benzene rings is 1. The number of hydrogen-bond donors (Lipinski definition) is 1. The molecule has 0 atom stereocenters. The maximum absolute atomic E-state index is 12.7. The molecule has 0 aliphatic heterocycles. The van der Waals surface area contributed by atoms with Crippen LogP contribution in [0.5, 0.6) is 0 Å². The second kappa shape index (κ2) is 5.46. The molecule has 1 heterocycles. The topological polar surface area (TPSA) is 55.1 Å². The lowest BCUT2D eigenvalue weighted by atomic mass is 10.1. The summed E-state index contributed by atoms with van der Waals surface area (Å²) in [6, 6.07) is 7.81. The average molecular weight is 304 g/mol. The van der Waals surface area contributed by atoms with Crippen LogP contribution in [0.2, 0.25) is 0 Å². The molecular weight excluding hydrogens is 284 g/mol. The number of fused-ring (bicyclic) bond motifs is 1. The van der Waals surface area contributed by atoms with E-state index in [0.717, 1.165) is 29.3 Å². The van der Waals surface area contributed by atoms with Gasteiger partial charge in [-0.15, -0.1) is 0 Å². The first-order chi connectivity index (χ1) is 9.96. The molecule has 1 N–H and O–H groups in total. The van der Waals surface area contributed by atoms with Crippen LogP contribution in [-0.4, -0.2) is 26.0 Å². The van der Waals surface area contributed by atoms with Crippen molar-refractivity contribution in [1.82, 2.24) is 9.55 Å². The van der Waals surface area contributed by atoms with E-state index in [-0.39, 0.29) is 5.56 Å². The minimum atomic E-state index is -0.686. The lowest BCUT2D eigenvalue weighted by Gasteiger charge is -2.17. The van der Waals surface area contributed by atoms with Crippen LogP contribution in [0, 0.1) is 0 Å². The third kappa shape index (κ3) is 3.30. The standard InChI is InChI=1S/C16H20N2O2S/c1-16(2,20)9-10-21-15-17-13-6-4-3-5-12(13)14(19)18(15)11-7-8-11/h3-6,11,20H,7-10H2,1-2H3. The van der Waals surface area contributed by atoms with Crippen molar-refractivity contribution < 1.29 is 5.11 Å². The summed E-state index contributed by atoms with van der Waals surface area (Å²) in [5, 5.41) is 11.3. The fourth-order valence-corrected chi connectivity index (χ4v) is 3.59. The van der Waals surface area contributed by atoms with Gasteiger partial charge in [0.25, 0.3) is 5.56 Å². The van der Waals surface area contributed by atoms with Crippen LogP contribution >= 0.6 is 11.8 Å². The van der Waals surface area contributed by atoms with Gasteiger partial charge >= 0.3 is 0 Å². The first kappa shape index (κ1) is 14.6. The van der Waals surface area contributed by atoms with Crippen LogP contribution in [-0.2, 0) is 0 Å². The Hall–Kier alpha value is -1.33. The molecule has 21 heavy (non-hydrogen) atoms. The van der Waals surface area contributed by atoms with Crippen LogP contribution in [0.4, 0.5) is 0 Å². The minimum Gasteiger partial charge on any atom is -0.390 e. The SMILES string of the molecule is CC(C)(O)CCSc1nc2ccccc2c(=O)n1C1CC1. The monoisotopic (exact) mass is 304 g/mol. The van der Waals surface area contributed by atoms with E-state index >= 15 is 0 Å². The van der Waals surface area contributed by atoms with Crippen LogP contribution in [0.15, 0.2) is 34.2 Å². The van der Waals surface area contributed by atoms with Crippen molar-refractivity contribution in [2.75, 3.05) is 5.75 Å². The van der Waals surface area contributed by atoms with E-state index in [1.807, 2.05) is 28.8 Å². The molecule has 1 saturated carbocycles. The minimum absolute atomic E-state index is 0.0638. The van der Waals surface area contributed by atoms with Gasteiger partial charge in [0.05, 0.1) is 16.5 Å². The quantitative estimate of drug-likeness (QED) is 0.681. The number of hydrogen-bond acceptors (Lipinski definition) is 4. The highest BCUT2D eigenvalue weighted by molar-refractivity contribution is 7.99. The van der Waals surface area contributed by atoms with Crippen LogP contribution < -0.4 is 5.56 Å². The second-order valence-corrected chi connectivity index (χ2v) is 7.29. The first-order valence-electron chi connectivity index (χ1n) is 7.32. The van der Waals surface area contributed by atoms with Crippen LogP contribution in [0.3, 0.4) is 0 Å². The molecule has 5 heteroatoms. The van der Waals surface area contributed by atoms with E-state index in [1.54, 1.807) is 25.6 Å². The van der Waals surface area contributed by atoms with Gasteiger partial charge in [0.1, 0.15) is 0 Å². The number of thioether (sulfide) groups is 1. The summed E-state index contributed by atoms with van der Waals surface area (Å²) in [5.74, 6) is 0.751. The highest BCUT2D eigenvalue weighted by Crippen LogP contribution is 2.37. The fraction of sp³-hybridized carbons (Fsp3) is 0.500. The van der Waals surface area contributed by atoms with E-state index in [0.29, 0.717) is 17.8 Å². The highest BCUT2D eigenvalue weighted by atomic mass is 32.2. The molecular formula is C16H20N2O2S. The van der Waals surface area contributed by atoms with Crippen LogP contribution in [0.1, 0.15) is 39.2 Å². The van der Waals surface area contributed by atoms with Gasteiger partial charge in [0, 0.05) is 11.8 Å². The molecule has 4 nitrogen and oxygen atoms in total. The van der Waals surface area contributed by atoms with Crippen molar-refractivity contribution >= 4 is 22.7 Å². The third-order valence-corrected chi connectivity index (χ3v) is 4.59. The molecule has 1 aliphatic carbocycles. The Morgan fingerprint density at radius 1 is 1.38 bits per heavy atom. The Morgan fingerprint density at radius 2 is 2.10 bits per heavy atom. The average Bonchev–Trinajstić information content (AvgIpc) is 3.22. The van der Waals surface area contributed by atoms with Gasteiger partial charge in [0.2, 0.25) is 0 Å². The van der Waals surface area contributed by atoms with Crippen molar-refractivity contribution in [1.29, 1.82) is 0 Å². The Bertz CT molecular complexity index is 714. The first-order valence-corrected chi connectivity index (χ1v) is 8.31. The zero-order chi connectivity index (χ0) is 15.0. The van der Waals surface area contributed by atoms with Crippen molar-refractivity contribution in [2.24, 2.45) is 0 Å². The summed E-state index contributed by atoms with van der Waals surface area (Å²) in [5.41, 5.74) is 0.133. The molecule has 1 fully saturated rings. The van der Waals surface area contributed by atoms with Gasteiger partial charge in [-0.25, -0.2) is 4.98 Å². The number of nitrogens with zero attached hydrogens (tertiary/aromatic N) is 2. The lowest BCUT2D eigenvalue weighted by Crippen LogP contribution is -2.23. The summed E-state index contributed by atoms with van der Waals surface area (Å²) in [4.78, 5) is 17.3. The molecule has 3 rings (SSSR count). The second-order valence-electron chi connectivity index (χ2n) is 6.23. The van der Waals surface area contributed by atoms with Crippen molar-refractivity contribution in [2.45, 2.75) is 49.9 Å². The van der Waals surface area contributed by atoms with E-state index in [1.165, 1.54) is 0 Å². The Kier molecular flexibility index (Phi) is 3.80. The normalized spacial score (nSPS) is 15.6. The number of rotatable bonds is 5. The summed E-state index contributed by atoms with van der Waals surface area (Å²) >= 11 is 1.56. The van der Waals surface area contributed by atoms with Gasteiger partial charge in [-0.1, -0.05) is 23.9 Å². The molecule has 0 amide bonds. The summed E-state index contributed by atoms with van der Waals surface area (Å²) < 4.78 is 1.84. The number of para-hydroxylation sites is 1. The van der Waals surface area contributed by atoms with E-state index in [4.69, 9.17) is 0 Å². The lowest BCUT2D eigenvalue weighted by molar-refractivity contribution is 0.0777. The smallest absolute Gasteiger partial charge is 0.262 e. The summed E-state index contributed by atoms with van der Waals surface area (Å²) in [7, 11) is 0. The predicted octanol–water partition coefficient (Wildman–Crippen LogP) is 2.98. The molecule has 0 saturated heterocycles. The molecule has 0 spiro atoms. The summed E-state index contributed by atoms with van der Waals surface area (Å²) in [6.45, 7) is 3.60. The fourth-order valence-electron chi connectivity index (χ4n) is 2.27. The number of aliphatic hydroxyl groups is 1. The van der Waals surface area contributed by atoms with Gasteiger partial charge < -0.3 is 5.11 Å². The molecule has 112 valence electrons. The van der Waals surface area contributed by atoms with Gasteiger partial charge in [-0.05, 0) is 45.2 Å². The van der Waals surface area contributed by atoms with Gasteiger partial charge in [0.15, 0.2) is 5.16 Å². The maximum atomic E-state index is 12.7. The maximum Gasteiger partial charge on any atom is 0.262 e. The van der Waals surface area contributed by atoms with Crippen molar-refractivity contribution in [3.63, 3.8) is 0 Å². The zero-order valence-electron chi connectivity index (χ0n) is 12.4. The Labute approximate surface area is 128 Å². The molecule has 1 aromatic heterocycles. The predicted molar refractivity (Wildman–Crippen MR) is 85.9 cm³/mol. The zero-order valence-corrected chi connectivity index (χ0v) is 13.2. The Morgan fingerprint density at radius 3 is 2.76 bits per heavy atom. The molecule has 1 aromatic carbocycles. The Balaban J connectivity index is 1.96. The molecule has 2 aromatic rings. The molecule has 0 unspecified atom stereocenters. The summed E-state index contributed by atoms with van der Waals surface area (Å²) in [6.07, 6.45) is 2.78. The van der Waals surface area contributed by atoms with Crippen molar-refractivity contribution in [3.05, 3.63) is 34.6 Å². The number of aromatic nitrogens is 2. The van der Waals surface area contributed by atoms with Crippen LogP contribution in [0.25, 0.3) is 10.9 Å². The molecule has 0 radical (unpaired) electrons. The van der Waals surface area contributed by atoms with E-state index in [9.17, 15) is 9.90 Å². The van der Waals surface area contributed by atoms with Crippen molar-refractivity contribution in [3.8, 4) is 0 Å². The van der Waals surface area contributed by atoms with E-state index < -0.39 is 5.60 Å². The molecule has 1 aliphatic rings. The van der Waals surface area contributed by atoms with E-state index in [2.05, 4.69) is 4.98 Å². The van der Waals surface area contributed by atoms with Gasteiger partial charge in [-0.3, -0.25) is 9.36 Å².